The summed E-state index contributed by atoms with van der Waals surface area (Å²) in [5, 5.41) is 10.5. The van der Waals surface area contributed by atoms with Crippen molar-refractivity contribution in [3.63, 3.8) is 0 Å². The molecule has 100 valence electrons. The van der Waals surface area contributed by atoms with Crippen LogP contribution in [-0.4, -0.2) is 27.9 Å². The second-order valence-electron chi connectivity index (χ2n) is 4.63. The van der Waals surface area contributed by atoms with Crippen LogP contribution < -0.4 is 9.47 Å². The number of benzene rings is 1. The van der Waals surface area contributed by atoms with E-state index < -0.39 is 6.10 Å². The molecule has 2 heterocycles. The Kier molecular flexibility index (Phi) is 2.91. The first-order valence-corrected chi connectivity index (χ1v) is 6.22. The van der Waals surface area contributed by atoms with Crippen LogP contribution in [0.3, 0.4) is 0 Å². The van der Waals surface area contributed by atoms with Crippen molar-refractivity contribution >= 4 is 0 Å². The van der Waals surface area contributed by atoms with Crippen LogP contribution in [0.25, 0.3) is 0 Å². The van der Waals surface area contributed by atoms with Crippen LogP contribution >= 0.6 is 0 Å². The number of fused-ring (bicyclic) bond motifs is 1. The average Bonchev–Trinajstić information content (AvgIpc) is 2.77. The highest BCUT2D eigenvalue weighted by Gasteiger charge is 2.20. The summed E-state index contributed by atoms with van der Waals surface area (Å²) in [5.74, 6) is 1.41. The maximum absolute atomic E-state index is 10.5. The number of aliphatic hydroxyl groups is 1. The SMILES string of the molecule is Cc1ncn(C)c1C(O)c1ccc2c(c1)OCCO2. The first-order chi connectivity index (χ1) is 9.16. The van der Waals surface area contributed by atoms with E-state index in [9.17, 15) is 5.11 Å². The van der Waals surface area contributed by atoms with Gasteiger partial charge in [-0.25, -0.2) is 4.98 Å². The number of aromatic nitrogens is 2. The van der Waals surface area contributed by atoms with Gasteiger partial charge in [-0.15, -0.1) is 0 Å². The molecule has 1 atom stereocenters. The second kappa shape index (κ2) is 4.59. The largest absolute Gasteiger partial charge is 0.486 e. The highest BCUT2D eigenvalue weighted by molar-refractivity contribution is 5.45. The topological polar surface area (TPSA) is 56.5 Å². The van der Waals surface area contributed by atoms with Gasteiger partial charge in [0, 0.05) is 7.05 Å². The molecule has 1 aromatic carbocycles. The third kappa shape index (κ3) is 2.06. The van der Waals surface area contributed by atoms with Crippen molar-refractivity contribution < 1.29 is 14.6 Å². The molecule has 1 aromatic heterocycles. The zero-order valence-corrected chi connectivity index (χ0v) is 11.0. The Morgan fingerprint density at radius 2 is 2.00 bits per heavy atom. The number of hydrogen-bond donors (Lipinski definition) is 1. The third-order valence-corrected chi connectivity index (χ3v) is 3.32. The Bertz CT molecular complexity index is 587. The van der Waals surface area contributed by atoms with Gasteiger partial charge in [0.2, 0.25) is 0 Å². The molecule has 5 heteroatoms. The molecule has 0 bridgehead atoms. The van der Waals surface area contributed by atoms with E-state index in [-0.39, 0.29) is 0 Å². The maximum Gasteiger partial charge on any atom is 0.161 e. The first kappa shape index (κ1) is 12.0. The summed E-state index contributed by atoms with van der Waals surface area (Å²) in [6.07, 6.45) is 0.981. The number of hydrogen-bond acceptors (Lipinski definition) is 4. The van der Waals surface area contributed by atoms with Crippen molar-refractivity contribution in [2.24, 2.45) is 7.05 Å². The number of imidazole rings is 1. The standard InChI is InChI=1S/C14H16N2O3/c1-9-13(16(2)8-15-9)14(17)10-3-4-11-12(7-10)19-6-5-18-11/h3-4,7-8,14,17H,5-6H2,1-2H3. The quantitative estimate of drug-likeness (QED) is 0.890. The summed E-state index contributed by atoms with van der Waals surface area (Å²) >= 11 is 0. The Balaban J connectivity index is 1.98. The highest BCUT2D eigenvalue weighted by Crippen LogP contribution is 2.34. The van der Waals surface area contributed by atoms with Crippen LogP contribution in [0.4, 0.5) is 0 Å². The number of aliphatic hydroxyl groups excluding tert-OH is 1. The van der Waals surface area contributed by atoms with Gasteiger partial charge in [-0.05, 0) is 24.6 Å². The molecular weight excluding hydrogens is 244 g/mol. The molecule has 19 heavy (non-hydrogen) atoms. The van der Waals surface area contributed by atoms with E-state index in [0.29, 0.717) is 19.0 Å². The summed E-state index contributed by atoms with van der Waals surface area (Å²) in [7, 11) is 1.87. The highest BCUT2D eigenvalue weighted by atomic mass is 16.6. The van der Waals surface area contributed by atoms with Crippen LogP contribution in [0.5, 0.6) is 11.5 Å². The molecule has 1 aliphatic heterocycles. The van der Waals surface area contributed by atoms with Crippen LogP contribution in [-0.2, 0) is 7.05 Å². The molecule has 3 rings (SSSR count). The van der Waals surface area contributed by atoms with E-state index in [1.807, 2.05) is 36.7 Å². The number of ether oxygens (including phenoxy) is 2. The molecule has 1 unspecified atom stereocenters. The fourth-order valence-electron chi connectivity index (χ4n) is 2.34. The molecule has 0 spiro atoms. The second-order valence-corrected chi connectivity index (χ2v) is 4.63. The molecule has 2 aromatic rings. The molecule has 0 saturated carbocycles. The van der Waals surface area contributed by atoms with Crippen molar-refractivity contribution in [3.8, 4) is 11.5 Å². The summed E-state index contributed by atoms with van der Waals surface area (Å²) in [6, 6.07) is 5.51. The maximum atomic E-state index is 10.5. The molecule has 0 saturated heterocycles. The lowest BCUT2D eigenvalue weighted by molar-refractivity contribution is 0.169. The fourth-order valence-corrected chi connectivity index (χ4v) is 2.34. The Labute approximate surface area is 111 Å². The molecule has 1 aliphatic rings. The molecule has 0 fully saturated rings. The Morgan fingerprint density at radius 3 is 2.68 bits per heavy atom. The Morgan fingerprint density at radius 1 is 1.26 bits per heavy atom. The van der Waals surface area contributed by atoms with E-state index >= 15 is 0 Å². The van der Waals surface area contributed by atoms with Crippen molar-refractivity contribution in [1.29, 1.82) is 0 Å². The Hall–Kier alpha value is -2.01. The van der Waals surface area contributed by atoms with E-state index in [1.54, 1.807) is 6.33 Å². The number of nitrogens with zero attached hydrogens (tertiary/aromatic N) is 2. The van der Waals surface area contributed by atoms with E-state index in [0.717, 1.165) is 22.7 Å². The molecule has 0 aliphatic carbocycles. The van der Waals surface area contributed by atoms with Crippen molar-refractivity contribution in [1.82, 2.24) is 9.55 Å². The van der Waals surface area contributed by atoms with E-state index in [1.165, 1.54) is 0 Å². The van der Waals surface area contributed by atoms with Crippen LogP contribution in [0.2, 0.25) is 0 Å². The molecule has 0 radical (unpaired) electrons. The average molecular weight is 260 g/mol. The summed E-state index contributed by atoms with van der Waals surface area (Å²) in [6.45, 7) is 2.99. The summed E-state index contributed by atoms with van der Waals surface area (Å²) in [4.78, 5) is 4.20. The number of rotatable bonds is 2. The van der Waals surface area contributed by atoms with E-state index in [4.69, 9.17) is 9.47 Å². The lowest BCUT2D eigenvalue weighted by atomic mass is 10.0. The fraction of sp³-hybridized carbons (Fsp3) is 0.357. The monoisotopic (exact) mass is 260 g/mol. The minimum absolute atomic E-state index is 0.539. The first-order valence-electron chi connectivity index (χ1n) is 6.22. The third-order valence-electron chi connectivity index (χ3n) is 3.32. The normalized spacial score (nSPS) is 15.3. The molecule has 5 nitrogen and oxygen atoms in total. The van der Waals surface area contributed by atoms with Gasteiger partial charge in [-0.1, -0.05) is 6.07 Å². The van der Waals surface area contributed by atoms with Crippen LogP contribution in [0, 0.1) is 6.92 Å². The van der Waals surface area contributed by atoms with Gasteiger partial charge in [0.05, 0.1) is 17.7 Å². The molecule has 0 amide bonds. The summed E-state index contributed by atoms with van der Waals surface area (Å²) in [5.41, 5.74) is 2.39. The summed E-state index contributed by atoms with van der Waals surface area (Å²) < 4.78 is 12.8. The minimum atomic E-state index is -0.719. The lowest BCUT2D eigenvalue weighted by Crippen LogP contribution is -2.16. The number of aryl methyl sites for hydroxylation is 2. The van der Waals surface area contributed by atoms with Crippen molar-refractivity contribution in [2.45, 2.75) is 13.0 Å². The van der Waals surface area contributed by atoms with Gasteiger partial charge in [0.1, 0.15) is 19.3 Å². The van der Waals surface area contributed by atoms with Crippen molar-refractivity contribution in [2.75, 3.05) is 13.2 Å². The van der Waals surface area contributed by atoms with Gasteiger partial charge in [-0.2, -0.15) is 0 Å². The zero-order valence-electron chi connectivity index (χ0n) is 11.0. The van der Waals surface area contributed by atoms with E-state index in [2.05, 4.69) is 4.98 Å². The van der Waals surface area contributed by atoms with Gasteiger partial charge >= 0.3 is 0 Å². The lowest BCUT2D eigenvalue weighted by Gasteiger charge is -2.20. The smallest absolute Gasteiger partial charge is 0.161 e. The van der Waals surface area contributed by atoms with Crippen molar-refractivity contribution in [3.05, 3.63) is 41.5 Å². The van der Waals surface area contributed by atoms with Crippen LogP contribution in [0.1, 0.15) is 23.1 Å². The van der Waals surface area contributed by atoms with Gasteiger partial charge in [0.15, 0.2) is 11.5 Å². The molecular formula is C14H16N2O3. The van der Waals surface area contributed by atoms with Gasteiger partial charge in [-0.3, -0.25) is 0 Å². The predicted octanol–water partition coefficient (Wildman–Crippen LogP) is 1.58. The van der Waals surface area contributed by atoms with Gasteiger partial charge in [0.25, 0.3) is 0 Å². The zero-order chi connectivity index (χ0) is 13.4. The van der Waals surface area contributed by atoms with Gasteiger partial charge < -0.3 is 19.1 Å². The predicted molar refractivity (Wildman–Crippen MR) is 69.4 cm³/mol. The van der Waals surface area contributed by atoms with Crippen LogP contribution in [0.15, 0.2) is 24.5 Å². The molecule has 1 N–H and O–H groups in total. The minimum Gasteiger partial charge on any atom is -0.486 e.